The molecule has 2 aromatic carbocycles. The van der Waals surface area contributed by atoms with Crippen LogP contribution in [0.1, 0.15) is 10.4 Å². The maximum absolute atomic E-state index is 13.7. The molecule has 0 N–H and O–H groups in total. The molecule has 0 aliphatic carbocycles. The summed E-state index contributed by atoms with van der Waals surface area (Å²) in [5.74, 6) is -1.54. The molecule has 4 heteroatoms. The molecule has 0 aliphatic heterocycles. The van der Waals surface area contributed by atoms with Crippen molar-refractivity contribution in [2.45, 2.75) is 0 Å². The fraction of sp³-hybridized carbons (Fsp3) is 0. The van der Waals surface area contributed by atoms with Gasteiger partial charge in [0.05, 0.1) is 0 Å². The minimum absolute atomic E-state index is 0.0233. The first-order chi connectivity index (χ1) is 8.11. The molecule has 0 heterocycles. The number of halogens is 3. The van der Waals surface area contributed by atoms with Gasteiger partial charge in [-0.05, 0) is 23.8 Å². The molecular weight excluding hydrogens is 246 g/mol. The van der Waals surface area contributed by atoms with Crippen LogP contribution in [-0.2, 0) is 0 Å². The summed E-state index contributed by atoms with van der Waals surface area (Å²) in [5.41, 5.74) is 0.539. The second kappa shape index (κ2) is 4.63. The molecule has 0 saturated heterocycles. The van der Waals surface area contributed by atoms with Crippen LogP contribution >= 0.6 is 11.6 Å². The van der Waals surface area contributed by atoms with Crippen LogP contribution in [-0.4, -0.2) is 6.29 Å². The summed E-state index contributed by atoms with van der Waals surface area (Å²) < 4.78 is 26.6. The molecule has 0 spiro atoms. The van der Waals surface area contributed by atoms with Crippen LogP contribution < -0.4 is 0 Å². The zero-order valence-corrected chi connectivity index (χ0v) is 9.34. The lowest BCUT2D eigenvalue weighted by atomic mass is 9.99. The first-order valence-corrected chi connectivity index (χ1v) is 5.20. The minimum Gasteiger partial charge on any atom is -0.298 e. The average molecular weight is 253 g/mol. The molecule has 0 amide bonds. The zero-order chi connectivity index (χ0) is 12.4. The predicted molar refractivity (Wildman–Crippen MR) is 62.2 cm³/mol. The van der Waals surface area contributed by atoms with Gasteiger partial charge in [0, 0.05) is 22.2 Å². The van der Waals surface area contributed by atoms with Crippen LogP contribution in [0.15, 0.2) is 36.4 Å². The maximum Gasteiger partial charge on any atom is 0.150 e. The smallest absolute Gasteiger partial charge is 0.150 e. The van der Waals surface area contributed by atoms with E-state index in [2.05, 4.69) is 0 Å². The van der Waals surface area contributed by atoms with Gasteiger partial charge in [0.1, 0.15) is 11.6 Å². The summed E-state index contributed by atoms with van der Waals surface area (Å²) in [4.78, 5) is 10.8. The van der Waals surface area contributed by atoms with Crippen LogP contribution in [0.25, 0.3) is 11.1 Å². The highest BCUT2D eigenvalue weighted by molar-refractivity contribution is 6.30. The Kier molecular flexibility index (Phi) is 3.20. The van der Waals surface area contributed by atoms with E-state index in [0.29, 0.717) is 16.9 Å². The predicted octanol–water partition coefficient (Wildman–Crippen LogP) is 4.10. The van der Waals surface area contributed by atoms with E-state index in [1.54, 1.807) is 24.3 Å². The van der Waals surface area contributed by atoms with Crippen molar-refractivity contribution in [3.63, 3.8) is 0 Å². The van der Waals surface area contributed by atoms with Gasteiger partial charge in [0.2, 0.25) is 0 Å². The van der Waals surface area contributed by atoms with E-state index in [-0.39, 0.29) is 11.1 Å². The summed E-state index contributed by atoms with van der Waals surface area (Å²) in [5, 5.41) is 0.504. The number of carbonyl (C=O) groups is 1. The normalized spacial score (nSPS) is 10.3. The van der Waals surface area contributed by atoms with Crippen molar-refractivity contribution in [3.05, 3.63) is 58.6 Å². The van der Waals surface area contributed by atoms with Crippen LogP contribution in [0.5, 0.6) is 0 Å². The van der Waals surface area contributed by atoms with Gasteiger partial charge in [0.25, 0.3) is 0 Å². The van der Waals surface area contributed by atoms with Gasteiger partial charge in [0.15, 0.2) is 6.29 Å². The fourth-order valence-electron chi connectivity index (χ4n) is 1.61. The number of hydrogen-bond acceptors (Lipinski definition) is 1. The molecule has 0 bridgehead atoms. The Morgan fingerprint density at radius 1 is 1.06 bits per heavy atom. The summed E-state index contributed by atoms with van der Waals surface area (Å²) in [6.07, 6.45) is 0.427. The molecule has 17 heavy (non-hydrogen) atoms. The SMILES string of the molecule is O=Cc1cc(F)cc(F)c1-c1ccc(Cl)cc1. The van der Waals surface area contributed by atoms with Gasteiger partial charge >= 0.3 is 0 Å². The Hall–Kier alpha value is -1.74. The third kappa shape index (κ3) is 2.34. The Morgan fingerprint density at radius 2 is 1.71 bits per heavy atom. The first kappa shape index (κ1) is 11.7. The minimum atomic E-state index is -0.776. The Morgan fingerprint density at radius 3 is 2.29 bits per heavy atom. The van der Waals surface area contributed by atoms with E-state index >= 15 is 0 Å². The summed E-state index contributed by atoms with van der Waals surface area (Å²) in [6.45, 7) is 0. The Balaban J connectivity index is 2.65. The lowest BCUT2D eigenvalue weighted by Crippen LogP contribution is -1.94. The van der Waals surface area contributed by atoms with Gasteiger partial charge in [-0.15, -0.1) is 0 Å². The average Bonchev–Trinajstić information content (AvgIpc) is 2.30. The van der Waals surface area contributed by atoms with E-state index in [0.717, 1.165) is 12.1 Å². The number of benzene rings is 2. The molecule has 0 aromatic heterocycles. The standard InChI is InChI=1S/C13H7ClF2O/c14-10-3-1-8(2-4-10)13-9(7-17)5-11(15)6-12(13)16/h1-7H. The van der Waals surface area contributed by atoms with Crippen molar-refractivity contribution < 1.29 is 13.6 Å². The Bertz CT molecular complexity index is 564. The molecule has 86 valence electrons. The number of hydrogen-bond donors (Lipinski definition) is 0. The third-order valence-corrected chi connectivity index (χ3v) is 2.60. The molecule has 0 unspecified atom stereocenters. The van der Waals surface area contributed by atoms with E-state index < -0.39 is 11.6 Å². The monoisotopic (exact) mass is 252 g/mol. The Labute approximate surface area is 102 Å². The van der Waals surface area contributed by atoms with Gasteiger partial charge in [-0.2, -0.15) is 0 Å². The highest BCUT2D eigenvalue weighted by Gasteiger charge is 2.12. The first-order valence-electron chi connectivity index (χ1n) is 4.82. The quantitative estimate of drug-likeness (QED) is 0.736. The molecule has 2 aromatic rings. The van der Waals surface area contributed by atoms with Crippen LogP contribution in [0.2, 0.25) is 5.02 Å². The summed E-state index contributed by atoms with van der Waals surface area (Å²) in [6, 6.07) is 8.05. The molecule has 2 rings (SSSR count). The maximum atomic E-state index is 13.7. The van der Waals surface area contributed by atoms with E-state index in [4.69, 9.17) is 11.6 Å². The van der Waals surface area contributed by atoms with Crippen LogP contribution in [0.4, 0.5) is 8.78 Å². The molecule has 0 fully saturated rings. The number of rotatable bonds is 2. The summed E-state index contributed by atoms with van der Waals surface area (Å²) >= 11 is 5.71. The number of aldehydes is 1. The van der Waals surface area contributed by atoms with E-state index in [1.165, 1.54) is 0 Å². The van der Waals surface area contributed by atoms with Crippen molar-refractivity contribution in [2.24, 2.45) is 0 Å². The molecule has 0 saturated carbocycles. The molecule has 0 atom stereocenters. The highest BCUT2D eigenvalue weighted by Crippen LogP contribution is 2.28. The van der Waals surface area contributed by atoms with Crippen LogP contribution in [0.3, 0.4) is 0 Å². The van der Waals surface area contributed by atoms with Gasteiger partial charge < -0.3 is 0 Å². The van der Waals surface area contributed by atoms with Crippen molar-refractivity contribution in [1.82, 2.24) is 0 Å². The van der Waals surface area contributed by atoms with Crippen molar-refractivity contribution in [1.29, 1.82) is 0 Å². The largest absolute Gasteiger partial charge is 0.298 e. The second-order valence-electron chi connectivity index (χ2n) is 3.48. The van der Waals surface area contributed by atoms with Gasteiger partial charge in [-0.3, -0.25) is 4.79 Å². The van der Waals surface area contributed by atoms with Crippen molar-refractivity contribution >= 4 is 17.9 Å². The second-order valence-corrected chi connectivity index (χ2v) is 3.91. The number of carbonyl (C=O) groups excluding carboxylic acids is 1. The van der Waals surface area contributed by atoms with E-state index in [9.17, 15) is 13.6 Å². The van der Waals surface area contributed by atoms with Gasteiger partial charge in [-0.25, -0.2) is 8.78 Å². The van der Waals surface area contributed by atoms with Crippen molar-refractivity contribution in [2.75, 3.05) is 0 Å². The fourth-order valence-corrected chi connectivity index (χ4v) is 1.73. The highest BCUT2D eigenvalue weighted by atomic mass is 35.5. The lowest BCUT2D eigenvalue weighted by molar-refractivity contribution is 0.112. The molecule has 0 aliphatic rings. The topological polar surface area (TPSA) is 17.1 Å². The third-order valence-electron chi connectivity index (χ3n) is 2.35. The van der Waals surface area contributed by atoms with Crippen LogP contribution in [0, 0.1) is 11.6 Å². The van der Waals surface area contributed by atoms with Crippen molar-refractivity contribution in [3.8, 4) is 11.1 Å². The molecule has 0 radical (unpaired) electrons. The van der Waals surface area contributed by atoms with E-state index in [1.807, 2.05) is 0 Å². The lowest BCUT2D eigenvalue weighted by Gasteiger charge is -2.07. The summed E-state index contributed by atoms with van der Waals surface area (Å²) in [7, 11) is 0. The van der Waals surface area contributed by atoms with Gasteiger partial charge in [-0.1, -0.05) is 23.7 Å². The molecule has 1 nitrogen and oxygen atoms in total. The zero-order valence-electron chi connectivity index (χ0n) is 8.58. The molecular formula is C13H7ClF2O.